The third-order valence-corrected chi connectivity index (χ3v) is 2.50. The van der Waals surface area contributed by atoms with Gasteiger partial charge in [0.15, 0.2) is 0 Å². The van der Waals surface area contributed by atoms with Gasteiger partial charge in [-0.1, -0.05) is 15.9 Å². The monoisotopic (exact) mass is 242 g/mol. The Labute approximate surface area is 86.0 Å². The van der Waals surface area contributed by atoms with E-state index in [2.05, 4.69) is 20.7 Å². The number of benzene rings is 1. The molecule has 0 fully saturated rings. The van der Waals surface area contributed by atoms with E-state index in [4.69, 9.17) is 0 Å². The zero-order valence-electron chi connectivity index (χ0n) is 7.85. The van der Waals surface area contributed by atoms with Crippen molar-refractivity contribution in [2.24, 2.45) is 0 Å². The maximum atomic E-state index is 11.3. The molecule has 0 aliphatic carbocycles. The highest BCUT2D eigenvalue weighted by Gasteiger charge is 2.11. The van der Waals surface area contributed by atoms with Crippen LogP contribution < -0.4 is 0 Å². The van der Waals surface area contributed by atoms with Crippen LogP contribution in [0.2, 0.25) is 0 Å². The minimum absolute atomic E-state index is 0.290. The van der Waals surface area contributed by atoms with Crippen molar-refractivity contribution in [3.8, 4) is 0 Å². The van der Waals surface area contributed by atoms with Gasteiger partial charge in [-0.05, 0) is 37.1 Å². The summed E-state index contributed by atoms with van der Waals surface area (Å²) in [5.74, 6) is -0.290. The third kappa shape index (κ3) is 2.10. The molecule has 0 unspecified atom stereocenters. The number of hydrogen-bond acceptors (Lipinski definition) is 2. The summed E-state index contributed by atoms with van der Waals surface area (Å²) in [4.78, 5) is 11.3. The molecular formula is C10H11BrO2. The highest BCUT2D eigenvalue weighted by atomic mass is 79.9. The number of carbonyl (C=O) groups is 1. The van der Waals surface area contributed by atoms with Gasteiger partial charge >= 0.3 is 5.97 Å². The number of ether oxygens (including phenoxy) is 1. The van der Waals surface area contributed by atoms with Gasteiger partial charge in [-0.25, -0.2) is 4.79 Å². The Morgan fingerprint density at radius 1 is 1.38 bits per heavy atom. The van der Waals surface area contributed by atoms with E-state index in [9.17, 15) is 4.79 Å². The Hall–Kier alpha value is -0.830. The fraction of sp³-hybridized carbons (Fsp3) is 0.300. The lowest BCUT2D eigenvalue weighted by Crippen LogP contribution is -2.04. The van der Waals surface area contributed by atoms with Gasteiger partial charge in [-0.2, -0.15) is 0 Å². The molecule has 0 heterocycles. The minimum atomic E-state index is -0.290. The van der Waals surface area contributed by atoms with Crippen molar-refractivity contribution in [3.05, 3.63) is 33.3 Å². The Kier molecular flexibility index (Phi) is 3.09. The molecule has 0 bridgehead atoms. The fourth-order valence-corrected chi connectivity index (χ4v) is 1.71. The summed E-state index contributed by atoms with van der Waals surface area (Å²) in [5.41, 5.74) is 2.67. The number of hydrogen-bond donors (Lipinski definition) is 0. The van der Waals surface area contributed by atoms with Crippen molar-refractivity contribution < 1.29 is 9.53 Å². The average molecular weight is 243 g/mol. The van der Waals surface area contributed by atoms with E-state index in [1.807, 2.05) is 19.9 Å². The van der Waals surface area contributed by atoms with E-state index >= 15 is 0 Å². The summed E-state index contributed by atoms with van der Waals surface area (Å²) < 4.78 is 5.57. The van der Waals surface area contributed by atoms with Gasteiger partial charge < -0.3 is 4.74 Å². The van der Waals surface area contributed by atoms with Gasteiger partial charge in [-0.3, -0.25) is 0 Å². The summed E-state index contributed by atoms with van der Waals surface area (Å²) in [5, 5.41) is 0. The van der Waals surface area contributed by atoms with Crippen molar-refractivity contribution >= 4 is 21.9 Å². The molecule has 0 spiro atoms. The number of aryl methyl sites for hydroxylation is 1. The molecule has 1 rings (SSSR count). The van der Waals surface area contributed by atoms with Crippen LogP contribution in [-0.2, 0) is 4.74 Å². The summed E-state index contributed by atoms with van der Waals surface area (Å²) >= 11 is 3.34. The lowest BCUT2D eigenvalue weighted by molar-refractivity contribution is 0.0599. The zero-order valence-corrected chi connectivity index (χ0v) is 9.44. The normalized spacial score (nSPS) is 9.85. The van der Waals surface area contributed by atoms with Crippen molar-refractivity contribution in [2.45, 2.75) is 13.8 Å². The van der Waals surface area contributed by atoms with E-state index in [0.29, 0.717) is 5.56 Å². The maximum Gasteiger partial charge on any atom is 0.338 e. The van der Waals surface area contributed by atoms with Gasteiger partial charge in [0.05, 0.1) is 12.7 Å². The van der Waals surface area contributed by atoms with Crippen LogP contribution in [0.15, 0.2) is 16.6 Å². The highest BCUT2D eigenvalue weighted by Crippen LogP contribution is 2.20. The third-order valence-electron chi connectivity index (χ3n) is 2.04. The Morgan fingerprint density at radius 2 is 2.00 bits per heavy atom. The van der Waals surface area contributed by atoms with E-state index < -0.39 is 0 Å². The topological polar surface area (TPSA) is 26.3 Å². The van der Waals surface area contributed by atoms with Crippen LogP contribution in [-0.4, -0.2) is 13.1 Å². The van der Waals surface area contributed by atoms with E-state index in [1.54, 1.807) is 6.07 Å². The smallest absolute Gasteiger partial charge is 0.338 e. The number of carbonyl (C=O) groups excluding carboxylic acids is 1. The van der Waals surface area contributed by atoms with Gasteiger partial charge in [0, 0.05) is 4.47 Å². The number of halogens is 1. The van der Waals surface area contributed by atoms with Crippen molar-refractivity contribution in [1.29, 1.82) is 0 Å². The number of rotatable bonds is 1. The number of methoxy groups -OCH3 is 1. The van der Waals surface area contributed by atoms with E-state index in [1.165, 1.54) is 7.11 Å². The zero-order chi connectivity index (χ0) is 10.0. The van der Waals surface area contributed by atoms with Gasteiger partial charge in [0.2, 0.25) is 0 Å². The first-order valence-electron chi connectivity index (χ1n) is 3.91. The average Bonchev–Trinajstić information content (AvgIpc) is 2.10. The molecule has 3 heteroatoms. The van der Waals surface area contributed by atoms with Gasteiger partial charge in [-0.15, -0.1) is 0 Å². The molecule has 13 heavy (non-hydrogen) atoms. The molecule has 0 saturated heterocycles. The molecule has 70 valence electrons. The van der Waals surface area contributed by atoms with E-state index in [0.717, 1.165) is 15.6 Å². The minimum Gasteiger partial charge on any atom is -0.465 e. The molecule has 0 radical (unpaired) electrons. The predicted octanol–water partition coefficient (Wildman–Crippen LogP) is 2.85. The maximum absolute atomic E-state index is 11.3. The largest absolute Gasteiger partial charge is 0.465 e. The predicted molar refractivity (Wildman–Crippen MR) is 55.0 cm³/mol. The molecule has 0 N–H and O–H groups in total. The summed E-state index contributed by atoms with van der Waals surface area (Å²) in [6.45, 7) is 3.88. The first-order chi connectivity index (χ1) is 6.06. The summed E-state index contributed by atoms with van der Waals surface area (Å²) in [6, 6.07) is 3.75. The summed E-state index contributed by atoms with van der Waals surface area (Å²) in [7, 11) is 1.39. The second kappa shape index (κ2) is 3.92. The lowest BCUT2D eigenvalue weighted by Gasteiger charge is -2.07. The molecular weight excluding hydrogens is 232 g/mol. The highest BCUT2D eigenvalue weighted by molar-refractivity contribution is 9.10. The molecule has 0 aromatic heterocycles. The molecule has 0 saturated carbocycles. The molecule has 0 aliphatic rings. The Morgan fingerprint density at radius 3 is 2.54 bits per heavy atom. The first-order valence-corrected chi connectivity index (χ1v) is 4.70. The van der Waals surface area contributed by atoms with Crippen LogP contribution in [0.3, 0.4) is 0 Å². The SMILES string of the molecule is COC(=O)c1cc(Br)cc(C)c1C. The molecule has 2 nitrogen and oxygen atoms in total. The quantitative estimate of drug-likeness (QED) is 0.709. The molecule has 1 aromatic rings. The van der Waals surface area contributed by atoms with Crippen LogP contribution in [0.4, 0.5) is 0 Å². The molecule has 0 atom stereocenters. The van der Waals surface area contributed by atoms with Crippen LogP contribution >= 0.6 is 15.9 Å². The Balaban J connectivity index is 3.28. The van der Waals surface area contributed by atoms with Crippen molar-refractivity contribution in [2.75, 3.05) is 7.11 Å². The fourth-order valence-electron chi connectivity index (χ4n) is 1.14. The second-order valence-electron chi connectivity index (χ2n) is 2.89. The molecule has 1 aromatic carbocycles. The van der Waals surface area contributed by atoms with E-state index in [-0.39, 0.29) is 5.97 Å². The van der Waals surface area contributed by atoms with Crippen LogP contribution in [0.1, 0.15) is 21.5 Å². The molecule has 0 aliphatic heterocycles. The van der Waals surface area contributed by atoms with Crippen LogP contribution in [0.25, 0.3) is 0 Å². The van der Waals surface area contributed by atoms with Gasteiger partial charge in [0.25, 0.3) is 0 Å². The van der Waals surface area contributed by atoms with Gasteiger partial charge in [0.1, 0.15) is 0 Å². The lowest BCUT2D eigenvalue weighted by atomic mass is 10.0. The van der Waals surface area contributed by atoms with Crippen molar-refractivity contribution in [3.63, 3.8) is 0 Å². The summed E-state index contributed by atoms with van der Waals surface area (Å²) in [6.07, 6.45) is 0. The van der Waals surface area contributed by atoms with Crippen LogP contribution in [0, 0.1) is 13.8 Å². The first kappa shape index (κ1) is 10.3. The second-order valence-corrected chi connectivity index (χ2v) is 3.80. The number of esters is 1. The van der Waals surface area contributed by atoms with Crippen LogP contribution in [0.5, 0.6) is 0 Å². The van der Waals surface area contributed by atoms with Crippen molar-refractivity contribution in [1.82, 2.24) is 0 Å². The molecule has 0 amide bonds. The Bertz CT molecular complexity index is 345. The standard InChI is InChI=1S/C10H11BrO2/c1-6-4-8(11)5-9(7(6)2)10(12)13-3/h4-5H,1-3H3.